The highest BCUT2D eigenvalue weighted by molar-refractivity contribution is 5.55. The summed E-state index contributed by atoms with van der Waals surface area (Å²) in [5, 5.41) is 4.66. The fourth-order valence-corrected chi connectivity index (χ4v) is 4.37. The van der Waals surface area contributed by atoms with Crippen molar-refractivity contribution in [3.63, 3.8) is 0 Å². The zero-order valence-corrected chi connectivity index (χ0v) is 17.8. The standard InChI is InChI=1S/C22H29N7/c1-5-18-16(4)24-21(17-6-7-17)25-22(18)28-10-8-27(9-11-28)20-13-14(2)23-19-12-15(3)26-29(19)20/h12-13,17H,5-11H2,1-4H3. The Kier molecular flexibility index (Phi) is 4.41. The summed E-state index contributed by atoms with van der Waals surface area (Å²) < 4.78 is 1.98. The average molecular weight is 392 g/mol. The van der Waals surface area contributed by atoms with Crippen molar-refractivity contribution in [2.45, 2.75) is 52.9 Å². The third-order valence-electron chi connectivity index (χ3n) is 6.07. The molecule has 0 aromatic carbocycles. The van der Waals surface area contributed by atoms with E-state index in [1.807, 2.05) is 17.5 Å². The van der Waals surface area contributed by atoms with E-state index in [0.717, 1.165) is 72.8 Å². The topological polar surface area (TPSA) is 62.5 Å². The molecule has 1 saturated heterocycles. The van der Waals surface area contributed by atoms with Crippen molar-refractivity contribution in [3.8, 4) is 0 Å². The number of anilines is 2. The molecule has 0 amide bonds. The molecule has 0 radical (unpaired) electrons. The molecule has 29 heavy (non-hydrogen) atoms. The van der Waals surface area contributed by atoms with E-state index in [2.05, 4.69) is 46.7 Å². The second kappa shape index (κ2) is 6.97. The Balaban J connectivity index is 1.41. The second-order valence-corrected chi connectivity index (χ2v) is 8.38. The van der Waals surface area contributed by atoms with E-state index in [9.17, 15) is 0 Å². The first-order valence-electron chi connectivity index (χ1n) is 10.7. The van der Waals surface area contributed by atoms with Crippen molar-refractivity contribution in [2.75, 3.05) is 36.0 Å². The smallest absolute Gasteiger partial charge is 0.157 e. The number of rotatable bonds is 4. The van der Waals surface area contributed by atoms with Gasteiger partial charge in [0.2, 0.25) is 0 Å². The van der Waals surface area contributed by atoms with Crippen molar-refractivity contribution < 1.29 is 0 Å². The zero-order chi connectivity index (χ0) is 20.1. The molecule has 3 aromatic heterocycles. The molecule has 0 spiro atoms. The van der Waals surface area contributed by atoms with E-state index in [-0.39, 0.29) is 0 Å². The van der Waals surface area contributed by atoms with Gasteiger partial charge in [-0.05, 0) is 40.0 Å². The quantitative estimate of drug-likeness (QED) is 0.681. The molecular formula is C22H29N7. The normalized spacial score (nSPS) is 17.4. The van der Waals surface area contributed by atoms with Crippen molar-refractivity contribution in [3.05, 3.63) is 40.6 Å². The number of aromatic nitrogens is 5. The van der Waals surface area contributed by atoms with Crippen LogP contribution in [0, 0.1) is 20.8 Å². The predicted octanol–water partition coefficient (Wildman–Crippen LogP) is 3.21. The molecule has 3 aromatic rings. The van der Waals surface area contributed by atoms with E-state index in [1.54, 1.807) is 0 Å². The lowest BCUT2D eigenvalue weighted by atomic mass is 10.1. The van der Waals surface area contributed by atoms with Gasteiger partial charge in [0, 0.05) is 61.2 Å². The predicted molar refractivity (Wildman–Crippen MR) is 115 cm³/mol. The lowest BCUT2D eigenvalue weighted by Crippen LogP contribution is -2.48. The molecule has 0 N–H and O–H groups in total. The Morgan fingerprint density at radius 3 is 2.31 bits per heavy atom. The first kappa shape index (κ1) is 18.3. The molecule has 2 fully saturated rings. The fourth-order valence-electron chi connectivity index (χ4n) is 4.37. The zero-order valence-electron chi connectivity index (χ0n) is 17.8. The molecule has 4 heterocycles. The average Bonchev–Trinajstić information content (AvgIpc) is 3.48. The Morgan fingerprint density at radius 2 is 1.62 bits per heavy atom. The maximum atomic E-state index is 5.02. The van der Waals surface area contributed by atoms with Crippen LogP contribution in [-0.4, -0.2) is 50.7 Å². The van der Waals surface area contributed by atoms with Crippen LogP contribution in [0.4, 0.5) is 11.6 Å². The number of piperazine rings is 1. The molecular weight excluding hydrogens is 362 g/mol. The minimum atomic E-state index is 0.579. The summed E-state index contributed by atoms with van der Waals surface area (Å²) in [7, 11) is 0. The summed E-state index contributed by atoms with van der Waals surface area (Å²) in [6.45, 7) is 12.2. The molecule has 5 rings (SSSR count). The molecule has 0 atom stereocenters. The Hall–Kier alpha value is -2.70. The van der Waals surface area contributed by atoms with Crippen LogP contribution in [0.1, 0.15) is 54.2 Å². The SMILES string of the molecule is CCc1c(C)nc(C2CC2)nc1N1CCN(c2cc(C)nc3cc(C)nn23)CC1. The van der Waals surface area contributed by atoms with E-state index >= 15 is 0 Å². The van der Waals surface area contributed by atoms with Gasteiger partial charge in [-0.3, -0.25) is 0 Å². The van der Waals surface area contributed by atoms with Gasteiger partial charge in [-0.25, -0.2) is 15.0 Å². The fraction of sp³-hybridized carbons (Fsp3) is 0.545. The first-order valence-corrected chi connectivity index (χ1v) is 10.7. The second-order valence-electron chi connectivity index (χ2n) is 8.38. The summed E-state index contributed by atoms with van der Waals surface area (Å²) in [6, 6.07) is 4.19. The largest absolute Gasteiger partial charge is 0.353 e. The van der Waals surface area contributed by atoms with Crippen LogP contribution in [0.25, 0.3) is 5.65 Å². The molecule has 7 heteroatoms. The summed E-state index contributed by atoms with van der Waals surface area (Å²) in [4.78, 5) is 19.3. The van der Waals surface area contributed by atoms with E-state index in [0.29, 0.717) is 5.92 Å². The first-order chi connectivity index (χ1) is 14.0. The Bertz CT molecular complexity index is 1060. The highest BCUT2D eigenvalue weighted by Gasteiger charge is 2.30. The summed E-state index contributed by atoms with van der Waals surface area (Å²) in [5.74, 6) is 3.92. The van der Waals surface area contributed by atoms with Gasteiger partial charge in [-0.1, -0.05) is 6.92 Å². The minimum absolute atomic E-state index is 0.579. The lowest BCUT2D eigenvalue weighted by Gasteiger charge is -2.37. The number of nitrogens with zero attached hydrogens (tertiary/aromatic N) is 7. The number of fused-ring (bicyclic) bond motifs is 1. The maximum absolute atomic E-state index is 5.02. The van der Waals surface area contributed by atoms with Gasteiger partial charge in [-0.2, -0.15) is 9.61 Å². The number of hydrogen-bond acceptors (Lipinski definition) is 6. The van der Waals surface area contributed by atoms with Crippen LogP contribution in [-0.2, 0) is 6.42 Å². The van der Waals surface area contributed by atoms with Crippen LogP contribution >= 0.6 is 0 Å². The van der Waals surface area contributed by atoms with Crippen LogP contribution in [0.5, 0.6) is 0 Å². The van der Waals surface area contributed by atoms with Gasteiger partial charge in [0.05, 0.1) is 5.69 Å². The van der Waals surface area contributed by atoms with Gasteiger partial charge < -0.3 is 9.80 Å². The van der Waals surface area contributed by atoms with Gasteiger partial charge in [-0.15, -0.1) is 0 Å². The molecule has 2 aliphatic rings. The summed E-state index contributed by atoms with van der Waals surface area (Å²) >= 11 is 0. The highest BCUT2D eigenvalue weighted by atomic mass is 15.4. The van der Waals surface area contributed by atoms with Crippen molar-refractivity contribution in [1.29, 1.82) is 0 Å². The molecule has 0 unspecified atom stereocenters. The van der Waals surface area contributed by atoms with Crippen LogP contribution in [0.15, 0.2) is 12.1 Å². The summed E-state index contributed by atoms with van der Waals surface area (Å²) in [6.07, 6.45) is 3.45. The van der Waals surface area contributed by atoms with Crippen LogP contribution in [0.2, 0.25) is 0 Å². The Morgan fingerprint density at radius 1 is 0.897 bits per heavy atom. The molecule has 1 aliphatic heterocycles. The minimum Gasteiger partial charge on any atom is -0.353 e. The molecule has 1 aliphatic carbocycles. The van der Waals surface area contributed by atoms with Crippen molar-refractivity contribution >= 4 is 17.3 Å². The molecule has 0 bridgehead atoms. The van der Waals surface area contributed by atoms with Crippen molar-refractivity contribution in [1.82, 2.24) is 24.6 Å². The van der Waals surface area contributed by atoms with Gasteiger partial charge in [0.15, 0.2) is 5.65 Å². The molecule has 152 valence electrons. The van der Waals surface area contributed by atoms with E-state index < -0.39 is 0 Å². The van der Waals surface area contributed by atoms with Gasteiger partial charge in [0.25, 0.3) is 0 Å². The maximum Gasteiger partial charge on any atom is 0.157 e. The van der Waals surface area contributed by atoms with Crippen LogP contribution in [0.3, 0.4) is 0 Å². The lowest BCUT2D eigenvalue weighted by molar-refractivity contribution is 0.627. The monoisotopic (exact) mass is 391 g/mol. The third kappa shape index (κ3) is 3.32. The van der Waals surface area contributed by atoms with Gasteiger partial charge in [0.1, 0.15) is 17.5 Å². The molecule has 7 nitrogen and oxygen atoms in total. The van der Waals surface area contributed by atoms with Crippen LogP contribution < -0.4 is 9.80 Å². The summed E-state index contributed by atoms with van der Waals surface area (Å²) in [5.41, 5.74) is 5.41. The van der Waals surface area contributed by atoms with Crippen molar-refractivity contribution in [2.24, 2.45) is 0 Å². The highest BCUT2D eigenvalue weighted by Crippen LogP contribution is 2.39. The number of hydrogen-bond donors (Lipinski definition) is 0. The number of aryl methyl sites for hydroxylation is 3. The van der Waals surface area contributed by atoms with E-state index in [4.69, 9.17) is 9.97 Å². The third-order valence-corrected chi connectivity index (χ3v) is 6.07. The molecule has 1 saturated carbocycles. The van der Waals surface area contributed by atoms with E-state index in [1.165, 1.54) is 18.4 Å². The van der Waals surface area contributed by atoms with Gasteiger partial charge >= 0.3 is 0 Å². The Labute approximate surface area is 171 Å².